The highest BCUT2D eigenvalue weighted by Gasteiger charge is 2.17. The standard InChI is InChI=1S/C16H17NO4/c1-9-3-4-12(10(2)16(9)19)17-7-11-5-14-15(6-13(11)18)21-8-20-14/h3-6,17-19H,7-8H2,1-2H3. The van der Waals surface area contributed by atoms with Crippen molar-refractivity contribution in [2.45, 2.75) is 20.4 Å². The number of nitrogens with one attached hydrogen (secondary N) is 1. The molecule has 0 amide bonds. The van der Waals surface area contributed by atoms with Crippen LogP contribution in [0.5, 0.6) is 23.0 Å². The Hall–Kier alpha value is -2.56. The van der Waals surface area contributed by atoms with Crippen LogP contribution >= 0.6 is 0 Å². The largest absolute Gasteiger partial charge is 0.507 e. The highest BCUT2D eigenvalue weighted by Crippen LogP contribution is 2.38. The smallest absolute Gasteiger partial charge is 0.231 e. The van der Waals surface area contributed by atoms with Gasteiger partial charge >= 0.3 is 0 Å². The molecule has 0 unspecified atom stereocenters. The molecule has 0 aliphatic carbocycles. The lowest BCUT2D eigenvalue weighted by atomic mass is 10.1. The Bertz CT molecular complexity index is 697. The SMILES string of the molecule is Cc1ccc(NCc2cc3c(cc2O)OCO3)c(C)c1O. The van der Waals surface area contributed by atoms with Crippen LogP contribution in [0.2, 0.25) is 0 Å². The molecule has 0 spiro atoms. The van der Waals surface area contributed by atoms with Crippen molar-refractivity contribution in [2.75, 3.05) is 12.1 Å². The van der Waals surface area contributed by atoms with E-state index in [1.807, 2.05) is 26.0 Å². The summed E-state index contributed by atoms with van der Waals surface area (Å²) in [5.74, 6) is 1.63. The number of phenols is 2. The van der Waals surface area contributed by atoms with Crippen molar-refractivity contribution >= 4 is 5.69 Å². The van der Waals surface area contributed by atoms with E-state index in [2.05, 4.69) is 5.32 Å². The average Bonchev–Trinajstić information content (AvgIpc) is 2.91. The summed E-state index contributed by atoms with van der Waals surface area (Å²) in [5.41, 5.74) is 3.16. The van der Waals surface area contributed by atoms with Crippen LogP contribution in [0.1, 0.15) is 16.7 Å². The summed E-state index contributed by atoms with van der Waals surface area (Å²) in [5, 5.41) is 23.1. The number of ether oxygens (including phenoxy) is 2. The van der Waals surface area contributed by atoms with Gasteiger partial charge in [-0.15, -0.1) is 0 Å². The highest BCUT2D eigenvalue weighted by molar-refractivity contribution is 5.60. The minimum atomic E-state index is 0.153. The molecule has 0 radical (unpaired) electrons. The first-order valence-electron chi connectivity index (χ1n) is 6.71. The summed E-state index contributed by atoms with van der Waals surface area (Å²) >= 11 is 0. The summed E-state index contributed by atoms with van der Waals surface area (Å²) in [6.45, 7) is 4.31. The molecule has 0 saturated heterocycles. The van der Waals surface area contributed by atoms with Gasteiger partial charge in [0.15, 0.2) is 11.5 Å². The summed E-state index contributed by atoms with van der Waals surface area (Å²) in [6, 6.07) is 7.07. The van der Waals surface area contributed by atoms with E-state index in [0.29, 0.717) is 23.6 Å². The van der Waals surface area contributed by atoms with E-state index in [1.54, 1.807) is 12.1 Å². The predicted molar refractivity (Wildman–Crippen MR) is 79.1 cm³/mol. The Labute approximate surface area is 122 Å². The van der Waals surface area contributed by atoms with Gasteiger partial charge in [-0.3, -0.25) is 0 Å². The molecule has 0 aromatic heterocycles. The number of anilines is 1. The molecule has 3 rings (SSSR count). The molecular weight excluding hydrogens is 270 g/mol. The van der Waals surface area contributed by atoms with Crippen LogP contribution in [0.15, 0.2) is 24.3 Å². The molecule has 5 nitrogen and oxygen atoms in total. The van der Waals surface area contributed by atoms with Gasteiger partial charge in [0.05, 0.1) is 0 Å². The van der Waals surface area contributed by atoms with Crippen LogP contribution in [0.4, 0.5) is 5.69 Å². The molecule has 21 heavy (non-hydrogen) atoms. The zero-order valence-electron chi connectivity index (χ0n) is 11.9. The topological polar surface area (TPSA) is 71.0 Å². The molecule has 1 aliphatic heterocycles. The molecular formula is C16H17NO4. The molecule has 0 fully saturated rings. The lowest BCUT2D eigenvalue weighted by molar-refractivity contribution is 0.174. The van der Waals surface area contributed by atoms with Crippen molar-refractivity contribution in [2.24, 2.45) is 0 Å². The number of benzene rings is 2. The third kappa shape index (κ3) is 2.42. The van der Waals surface area contributed by atoms with Crippen LogP contribution in [0.3, 0.4) is 0 Å². The number of fused-ring (bicyclic) bond motifs is 1. The van der Waals surface area contributed by atoms with E-state index >= 15 is 0 Å². The number of phenolic OH excluding ortho intramolecular Hbond substituents is 2. The van der Waals surface area contributed by atoms with E-state index in [9.17, 15) is 10.2 Å². The normalized spacial score (nSPS) is 12.5. The second kappa shape index (κ2) is 5.09. The highest BCUT2D eigenvalue weighted by atomic mass is 16.7. The zero-order valence-corrected chi connectivity index (χ0v) is 11.9. The zero-order chi connectivity index (χ0) is 15.0. The fourth-order valence-electron chi connectivity index (χ4n) is 2.33. The minimum absolute atomic E-state index is 0.153. The Kier molecular flexibility index (Phi) is 3.25. The molecule has 5 heteroatoms. The number of rotatable bonds is 3. The molecule has 110 valence electrons. The number of aryl methyl sites for hydroxylation is 1. The lowest BCUT2D eigenvalue weighted by Crippen LogP contribution is -2.02. The van der Waals surface area contributed by atoms with Gasteiger partial charge in [0, 0.05) is 29.4 Å². The number of hydrogen-bond acceptors (Lipinski definition) is 5. The Morgan fingerprint density at radius 2 is 1.81 bits per heavy atom. The fourth-order valence-corrected chi connectivity index (χ4v) is 2.33. The molecule has 2 aromatic carbocycles. The van der Waals surface area contributed by atoms with Crippen molar-refractivity contribution < 1.29 is 19.7 Å². The Morgan fingerprint density at radius 1 is 1.10 bits per heavy atom. The molecule has 1 aliphatic rings. The molecule has 0 atom stereocenters. The van der Waals surface area contributed by atoms with Crippen molar-refractivity contribution in [3.05, 3.63) is 41.0 Å². The van der Waals surface area contributed by atoms with Gasteiger partial charge in [-0.2, -0.15) is 0 Å². The van der Waals surface area contributed by atoms with Gasteiger partial charge < -0.3 is 25.0 Å². The Balaban J connectivity index is 1.81. The van der Waals surface area contributed by atoms with E-state index in [4.69, 9.17) is 9.47 Å². The van der Waals surface area contributed by atoms with Gasteiger partial charge in [-0.1, -0.05) is 6.07 Å². The number of aromatic hydroxyl groups is 2. The van der Waals surface area contributed by atoms with Gasteiger partial charge in [-0.25, -0.2) is 0 Å². The molecule has 0 bridgehead atoms. The third-order valence-electron chi connectivity index (χ3n) is 3.68. The Morgan fingerprint density at radius 3 is 2.57 bits per heavy atom. The van der Waals surface area contributed by atoms with Gasteiger partial charge in [0.2, 0.25) is 6.79 Å². The maximum absolute atomic E-state index is 10.00. The van der Waals surface area contributed by atoms with E-state index in [0.717, 1.165) is 16.8 Å². The molecule has 1 heterocycles. The van der Waals surface area contributed by atoms with Gasteiger partial charge in [0.1, 0.15) is 11.5 Å². The first kappa shape index (κ1) is 13.4. The van der Waals surface area contributed by atoms with Crippen molar-refractivity contribution in [1.82, 2.24) is 0 Å². The summed E-state index contributed by atoms with van der Waals surface area (Å²) in [7, 11) is 0. The second-order valence-electron chi connectivity index (χ2n) is 5.09. The molecule has 2 aromatic rings. The summed E-state index contributed by atoms with van der Waals surface area (Å²) < 4.78 is 10.5. The monoisotopic (exact) mass is 287 g/mol. The van der Waals surface area contributed by atoms with Gasteiger partial charge in [-0.05, 0) is 31.5 Å². The lowest BCUT2D eigenvalue weighted by Gasteiger charge is -2.13. The van der Waals surface area contributed by atoms with Crippen LogP contribution in [0, 0.1) is 13.8 Å². The summed E-state index contributed by atoms with van der Waals surface area (Å²) in [4.78, 5) is 0. The maximum Gasteiger partial charge on any atom is 0.231 e. The minimum Gasteiger partial charge on any atom is -0.507 e. The first-order chi connectivity index (χ1) is 10.1. The molecule has 3 N–H and O–H groups in total. The van der Waals surface area contributed by atoms with Crippen LogP contribution in [-0.4, -0.2) is 17.0 Å². The van der Waals surface area contributed by atoms with E-state index < -0.39 is 0 Å². The van der Waals surface area contributed by atoms with Crippen LogP contribution < -0.4 is 14.8 Å². The second-order valence-corrected chi connectivity index (χ2v) is 5.09. The third-order valence-corrected chi connectivity index (χ3v) is 3.68. The number of hydrogen-bond donors (Lipinski definition) is 3. The van der Waals surface area contributed by atoms with Crippen molar-refractivity contribution in [3.63, 3.8) is 0 Å². The van der Waals surface area contributed by atoms with Crippen molar-refractivity contribution in [1.29, 1.82) is 0 Å². The van der Waals surface area contributed by atoms with Crippen LogP contribution in [-0.2, 0) is 6.54 Å². The predicted octanol–water partition coefficient (Wildman–Crippen LogP) is 3.06. The van der Waals surface area contributed by atoms with Crippen LogP contribution in [0.25, 0.3) is 0 Å². The fraction of sp³-hybridized carbons (Fsp3) is 0.250. The summed E-state index contributed by atoms with van der Waals surface area (Å²) in [6.07, 6.45) is 0. The average molecular weight is 287 g/mol. The van der Waals surface area contributed by atoms with Gasteiger partial charge in [0.25, 0.3) is 0 Å². The maximum atomic E-state index is 10.00. The quantitative estimate of drug-likeness (QED) is 0.809. The molecule has 0 saturated carbocycles. The van der Waals surface area contributed by atoms with E-state index in [-0.39, 0.29) is 18.3 Å². The van der Waals surface area contributed by atoms with E-state index in [1.165, 1.54) is 0 Å². The first-order valence-corrected chi connectivity index (χ1v) is 6.71. The van der Waals surface area contributed by atoms with Crippen molar-refractivity contribution in [3.8, 4) is 23.0 Å².